The van der Waals surface area contributed by atoms with Gasteiger partial charge in [0.2, 0.25) is 11.9 Å². The number of hydrogen-bond donors (Lipinski definition) is 0. The molecule has 17 nitrogen and oxygen atoms in total. The lowest BCUT2D eigenvalue weighted by molar-refractivity contribution is 0.893. The highest BCUT2D eigenvalue weighted by Crippen LogP contribution is 2.45. The highest BCUT2D eigenvalue weighted by Gasteiger charge is 2.27. The van der Waals surface area contributed by atoms with Crippen molar-refractivity contribution < 1.29 is 0 Å². The normalized spacial score (nSPS) is 11.4. The van der Waals surface area contributed by atoms with Crippen LogP contribution in [0, 0.1) is 0 Å². The standard InChI is InChI=1S/C117H73N17/c1-10-34-74(35-11-1)83-64-66-97-95(72-83)101-93(85-52-28-54-87(68-85)110-124-107(80-46-22-7-23-47-80)126-114(128-110)91-58-30-56-89(70-91)112-120-103(76-38-14-3-15-39-76)118-104(121-112)77-40-16-4-17-41-77)60-32-62-99(101)133(97)116-130-109(82-50-26-9-27-51-82)131-117(132-116)134-98-67-65-84(75-36-12-2-13-37-75)73-96(98)102-94(61-33-63-100(102)134)86-53-29-55-88(69-86)111-125-108(81-48-24-8-25-49-81)127-115(129-111)92-59-31-57-90(71-92)113-122-105(78-42-18-5-19-43-78)119-106(123-113)79-44-20-6-21-45-79/h1-73H. The molecular formula is C117H73N17. The molecule has 24 aromatic rings. The molecule has 0 N–H and O–H groups in total. The molecule has 7 aromatic heterocycles. The molecule has 0 bridgehead atoms. The molecule has 0 radical (unpaired) electrons. The summed E-state index contributed by atoms with van der Waals surface area (Å²) in [7, 11) is 0. The summed E-state index contributed by atoms with van der Waals surface area (Å²) in [6.45, 7) is 0. The fourth-order valence-electron chi connectivity index (χ4n) is 17.8. The maximum absolute atomic E-state index is 5.80. The van der Waals surface area contributed by atoms with Gasteiger partial charge < -0.3 is 0 Å². The molecule has 7 heterocycles. The molecule has 0 unspecified atom stereocenters. The Labute approximate surface area is 769 Å². The summed E-state index contributed by atoms with van der Waals surface area (Å²) in [6.07, 6.45) is 0. The minimum absolute atomic E-state index is 0.421. The van der Waals surface area contributed by atoms with Gasteiger partial charge in [-0.2, -0.15) is 15.0 Å². The summed E-state index contributed by atoms with van der Waals surface area (Å²) < 4.78 is 4.41. The lowest BCUT2D eigenvalue weighted by Gasteiger charge is -2.13. The number of rotatable bonds is 19. The minimum Gasteiger partial charge on any atom is -0.278 e. The lowest BCUT2D eigenvalue weighted by atomic mass is 9.96. The first-order valence-electron chi connectivity index (χ1n) is 44.2. The summed E-state index contributed by atoms with van der Waals surface area (Å²) in [4.78, 5) is 79.3. The van der Waals surface area contributed by atoms with Crippen LogP contribution in [0.5, 0.6) is 0 Å². The van der Waals surface area contributed by atoms with Crippen LogP contribution >= 0.6 is 0 Å². The number of aromatic nitrogens is 17. The van der Waals surface area contributed by atoms with Crippen LogP contribution in [0.3, 0.4) is 0 Å². The van der Waals surface area contributed by atoms with Crippen LogP contribution in [0.1, 0.15) is 0 Å². The fourth-order valence-corrected chi connectivity index (χ4v) is 17.8. The van der Waals surface area contributed by atoms with Crippen molar-refractivity contribution in [2.75, 3.05) is 0 Å². The Morgan fingerprint density at radius 1 is 0.119 bits per heavy atom. The smallest absolute Gasteiger partial charge is 0.240 e. The third-order valence-corrected chi connectivity index (χ3v) is 24.2. The molecule has 0 aliphatic heterocycles. The second kappa shape index (κ2) is 34.2. The molecule has 0 amide bonds. The highest BCUT2D eigenvalue weighted by molar-refractivity contribution is 6.18. The Morgan fingerprint density at radius 2 is 0.313 bits per heavy atom. The molecular weight excluding hydrogens is 1640 g/mol. The van der Waals surface area contributed by atoms with Gasteiger partial charge in [-0.15, -0.1) is 0 Å². The van der Waals surface area contributed by atoms with Gasteiger partial charge in [0.15, 0.2) is 75.7 Å². The van der Waals surface area contributed by atoms with Crippen LogP contribution in [0.15, 0.2) is 443 Å². The van der Waals surface area contributed by atoms with E-state index in [1.807, 2.05) is 249 Å². The van der Waals surface area contributed by atoms with Crippen LogP contribution in [0.25, 0.3) is 248 Å². The Hall–Kier alpha value is -18.6. The van der Waals surface area contributed by atoms with Gasteiger partial charge in [0.1, 0.15) is 0 Å². The van der Waals surface area contributed by atoms with E-state index in [4.69, 9.17) is 74.8 Å². The molecule has 0 aliphatic rings. The van der Waals surface area contributed by atoms with E-state index in [0.717, 1.165) is 160 Å². The average Bonchev–Trinajstić information content (AvgIpc) is 1.56. The third-order valence-electron chi connectivity index (χ3n) is 24.2. The van der Waals surface area contributed by atoms with E-state index in [2.05, 4.69) is 203 Å². The largest absolute Gasteiger partial charge is 0.278 e. The quantitative estimate of drug-likeness (QED) is 0.0739. The second-order valence-electron chi connectivity index (χ2n) is 32.6. The van der Waals surface area contributed by atoms with Crippen molar-refractivity contribution in [3.8, 4) is 204 Å². The van der Waals surface area contributed by atoms with Crippen LogP contribution in [0.2, 0.25) is 0 Å². The Morgan fingerprint density at radius 3 is 0.560 bits per heavy atom. The van der Waals surface area contributed by atoms with Crippen LogP contribution in [-0.4, -0.2) is 83.9 Å². The maximum Gasteiger partial charge on any atom is 0.240 e. The summed E-state index contributed by atoms with van der Waals surface area (Å²) in [6, 6.07) is 151. The zero-order chi connectivity index (χ0) is 88.8. The topological polar surface area (TPSA) is 203 Å². The Kier molecular flexibility index (Phi) is 20.1. The van der Waals surface area contributed by atoms with Crippen molar-refractivity contribution >= 4 is 43.6 Å². The van der Waals surface area contributed by atoms with E-state index in [-0.39, 0.29) is 0 Å². The number of hydrogen-bond acceptors (Lipinski definition) is 15. The number of fused-ring (bicyclic) bond motifs is 6. The van der Waals surface area contributed by atoms with Crippen molar-refractivity contribution in [2.24, 2.45) is 0 Å². The first-order chi connectivity index (χ1) is 66.4. The maximum atomic E-state index is 5.80. The summed E-state index contributed by atoms with van der Waals surface area (Å²) in [5, 5.41) is 3.97. The first-order valence-corrected chi connectivity index (χ1v) is 44.2. The predicted octanol–water partition coefficient (Wildman–Crippen LogP) is 27.1. The van der Waals surface area contributed by atoms with Gasteiger partial charge in [0, 0.05) is 93.9 Å². The summed E-state index contributed by atoms with van der Waals surface area (Å²) >= 11 is 0. The molecule has 17 heteroatoms. The van der Waals surface area contributed by atoms with E-state index in [1.54, 1.807) is 0 Å². The zero-order valence-electron chi connectivity index (χ0n) is 71.7. The average molecular weight is 1720 g/mol. The molecule has 134 heavy (non-hydrogen) atoms. The van der Waals surface area contributed by atoms with E-state index in [9.17, 15) is 0 Å². The molecule has 0 saturated carbocycles. The zero-order valence-corrected chi connectivity index (χ0v) is 71.7. The molecule has 0 atom stereocenters. The van der Waals surface area contributed by atoms with Crippen molar-refractivity contribution in [1.82, 2.24) is 83.9 Å². The monoisotopic (exact) mass is 1720 g/mol. The van der Waals surface area contributed by atoms with Gasteiger partial charge >= 0.3 is 0 Å². The van der Waals surface area contributed by atoms with E-state index in [0.29, 0.717) is 87.6 Å². The van der Waals surface area contributed by atoms with Gasteiger partial charge in [-0.1, -0.05) is 382 Å². The van der Waals surface area contributed by atoms with Crippen LogP contribution in [0.4, 0.5) is 0 Å². The second-order valence-corrected chi connectivity index (χ2v) is 32.6. The number of nitrogens with zero attached hydrogens (tertiary/aromatic N) is 17. The SMILES string of the molecule is c1ccc(-c2ccc3c(c2)c2c(-c4cccc(-c5nc(-c6ccccc6)nc(-c6cccc(-c7nc(-c8ccccc8)nc(-c8ccccc8)n7)c6)n5)c4)cccc2n3-c2nc(-c3ccccc3)nc(-n3c4ccc(-c5ccccc5)cc4c4c(-c5cccc(-c6nc(-c7ccccc7)nc(-c7cccc(-c8nc(-c9ccccc9)nc(-c9ccccc9)n8)c7)n6)c5)cccc43)n2)cc1. The minimum atomic E-state index is 0.421. The van der Waals surface area contributed by atoms with Crippen molar-refractivity contribution in [1.29, 1.82) is 0 Å². The van der Waals surface area contributed by atoms with Crippen molar-refractivity contribution in [3.05, 3.63) is 443 Å². The molecule has 0 saturated heterocycles. The molecule has 626 valence electrons. The predicted molar refractivity (Wildman–Crippen MR) is 534 cm³/mol. The van der Waals surface area contributed by atoms with Crippen LogP contribution in [-0.2, 0) is 0 Å². The van der Waals surface area contributed by atoms with Crippen LogP contribution < -0.4 is 0 Å². The fraction of sp³-hybridized carbons (Fsp3) is 0. The molecule has 0 spiro atoms. The van der Waals surface area contributed by atoms with E-state index < -0.39 is 0 Å². The van der Waals surface area contributed by atoms with Crippen molar-refractivity contribution in [2.45, 2.75) is 0 Å². The van der Waals surface area contributed by atoms with E-state index in [1.165, 1.54) is 0 Å². The van der Waals surface area contributed by atoms with Gasteiger partial charge in [-0.3, -0.25) is 9.13 Å². The molecule has 17 aromatic carbocycles. The Bertz CT molecular complexity index is 7990. The molecule has 24 rings (SSSR count). The molecule has 0 aliphatic carbocycles. The van der Waals surface area contributed by atoms with E-state index >= 15 is 0 Å². The molecule has 0 fully saturated rings. The lowest BCUT2D eigenvalue weighted by Crippen LogP contribution is -2.10. The Balaban J connectivity index is 0.651. The third kappa shape index (κ3) is 15.2. The van der Waals surface area contributed by atoms with Gasteiger partial charge in [0.25, 0.3) is 0 Å². The van der Waals surface area contributed by atoms with Gasteiger partial charge in [0.05, 0.1) is 22.1 Å². The first kappa shape index (κ1) is 78.8. The van der Waals surface area contributed by atoms with Crippen molar-refractivity contribution in [3.63, 3.8) is 0 Å². The summed E-state index contributed by atoms with van der Waals surface area (Å²) in [5.74, 6) is 7.61. The summed E-state index contributed by atoms with van der Waals surface area (Å²) in [5.41, 5.74) is 22.3. The van der Waals surface area contributed by atoms with Gasteiger partial charge in [-0.25, -0.2) is 59.8 Å². The highest BCUT2D eigenvalue weighted by atomic mass is 15.3. The van der Waals surface area contributed by atoms with Gasteiger partial charge in [-0.05, 0) is 105 Å². The number of benzene rings is 17.